The second-order valence-electron chi connectivity index (χ2n) is 4.05. The van der Waals surface area contributed by atoms with Crippen molar-refractivity contribution in [2.24, 2.45) is 0 Å². The average molecular weight is 332 g/mol. The molecule has 0 saturated carbocycles. The molecule has 12 heteroatoms. The highest BCUT2D eigenvalue weighted by atomic mass is 16.4. The Hall–Kier alpha value is -1.38. The van der Waals surface area contributed by atoms with Crippen molar-refractivity contribution in [3.8, 4) is 0 Å². The molecule has 0 aromatic carbocycles. The molecule has 12 nitrogen and oxygen atoms in total. The fourth-order valence-corrected chi connectivity index (χ4v) is 0.929. The molecule has 0 rings (SSSR count). The van der Waals surface area contributed by atoms with Crippen molar-refractivity contribution in [3.05, 3.63) is 0 Å². The van der Waals surface area contributed by atoms with E-state index in [0.717, 1.165) is 0 Å². The molecule has 0 aliphatic heterocycles. The van der Waals surface area contributed by atoms with Crippen LogP contribution >= 0.6 is 0 Å². The van der Waals surface area contributed by atoms with E-state index in [-0.39, 0.29) is 0 Å². The lowest BCUT2D eigenvalue weighted by molar-refractivity contribution is -0.160. The number of aliphatic carboxylic acids is 2. The molecule has 22 heavy (non-hydrogen) atoms. The van der Waals surface area contributed by atoms with Crippen LogP contribution in [-0.2, 0) is 9.59 Å². The van der Waals surface area contributed by atoms with Crippen LogP contribution in [0.2, 0.25) is 0 Å². The highest BCUT2D eigenvalue weighted by Gasteiger charge is 2.30. The second-order valence-corrected chi connectivity index (χ2v) is 4.05. The number of hydrogen-bond acceptors (Lipinski definition) is 10. The molecule has 0 aromatic heterocycles. The Morgan fingerprint density at radius 3 is 1.00 bits per heavy atom. The van der Waals surface area contributed by atoms with Gasteiger partial charge in [0.15, 0.2) is 12.2 Å². The van der Waals surface area contributed by atoms with E-state index in [9.17, 15) is 9.59 Å². The van der Waals surface area contributed by atoms with Gasteiger partial charge in [-0.2, -0.15) is 0 Å². The zero-order valence-corrected chi connectivity index (χ0v) is 11.2. The highest BCUT2D eigenvalue weighted by molar-refractivity contribution is 5.73. The second kappa shape index (κ2) is 11.2. The number of aliphatic hydroxyl groups excluding tert-OH is 8. The van der Waals surface area contributed by atoms with Crippen molar-refractivity contribution >= 4 is 11.9 Å². The first-order valence-corrected chi connectivity index (χ1v) is 5.76. The Labute approximate surface area is 123 Å². The summed E-state index contributed by atoms with van der Waals surface area (Å²) in [4.78, 5) is 19.9. The summed E-state index contributed by atoms with van der Waals surface area (Å²) in [5, 5.41) is 84.5. The molecule has 0 heterocycles. The highest BCUT2D eigenvalue weighted by Crippen LogP contribution is 2.00. The van der Waals surface area contributed by atoms with Gasteiger partial charge in [-0.25, -0.2) is 9.59 Å². The van der Waals surface area contributed by atoms with E-state index in [4.69, 9.17) is 51.1 Å². The first-order valence-electron chi connectivity index (χ1n) is 5.76. The number of rotatable bonds is 8. The Morgan fingerprint density at radius 1 is 0.636 bits per heavy atom. The van der Waals surface area contributed by atoms with Gasteiger partial charge in [-0.15, -0.1) is 0 Å². The van der Waals surface area contributed by atoms with Gasteiger partial charge >= 0.3 is 11.9 Å². The maximum absolute atomic E-state index is 9.96. The number of carboxylic acid groups (broad SMARTS) is 2. The van der Waals surface area contributed by atoms with Gasteiger partial charge in [0, 0.05) is 0 Å². The van der Waals surface area contributed by atoms with Crippen LogP contribution in [0, 0.1) is 0 Å². The summed E-state index contributed by atoms with van der Waals surface area (Å²) in [6.07, 6.45) is -11.1. The molecule has 0 fully saturated rings. The van der Waals surface area contributed by atoms with Gasteiger partial charge in [-0.3, -0.25) is 0 Å². The fourth-order valence-electron chi connectivity index (χ4n) is 0.929. The number of hydrogen-bond donors (Lipinski definition) is 10. The van der Waals surface area contributed by atoms with Gasteiger partial charge in [0.1, 0.15) is 24.4 Å². The summed E-state index contributed by atoms with van der Waals surface area (Å²) in [5.74, 6) is -3.30. The molecule has 0 spiro atoms. The summed E-state index contributed by atoms with van der Waals surface area (Å²) in [5.41, 5.74) is 0. The molecular weight excluding hydrogens is 312 g/mol. The standard InChI is InChI=1S/2C5H10O6/c2*6-1-2(7)3(8)4(9)5(10)11/h2*2-4,6-9H,1H2,(H,10,11)/t2*2-,3+,4-/m11/s1. The van der Waals surface area contributed by atoms with Crippen molar-refractivity contribution in [2.45, 2.75) is 36.6 Å². The van der Waals surface area contributed by atoms with Crippen LogP contribution in [0.3, 0.4) is 0 Å². The monoisotopic (exact) mass is 332 g/mol. The van der Waals surface area contributed by atoms with Crippen molar-refractivity contribution in [1.82, 2.24) is 0 Å². The topological polar surface area (TPSA) is 236 Å². The number of carboxylic acids is 2. The molecular formula is C10H20O12. The lowest BCUT2D eigenvalue weighted by Crippen LogP contribution is -2.43. The maximum Gasteiger partial charge on any atom is 0.335 e. The summed E-state index contributed by atoms with van der Waals surface area (Å²) in [6.45, 7) is -1.60. The molecule has 6 atom stereocenters. The zero-order valence-electron chi connectivity index (χ0n) is 11.2. The van der Waals surface area contributed by atoms with E-state index in [1.807, 2.05) is 0 Å². The minimum atomic E-state index is -2.07. The van der Waals surface area contributed by atoms with Crippen LogP contribution in [0.1, 0.15) is 0 Å². The first kappa shape index (κ1) is 22.9. The van der Waals surface area contributed by atoms with Gasteiger partial charge < -0.3 is 51.1 Å². The molecule has 0 amide bonds. The quantitative estimate of drug-likeness (QED) is 0.200. The van der Waals surface area contributed by atoms with Crippen molar-refractivity contribution in [1.29, 1.82) is 0 Å². The van der Waals surface area contributed by atoms with Gasteiger partial charge in [0.2, 0.25) is 0 Å². The summed E-state index contributed by atoms with van der Waals surface area (Å²) in [7, 11) is 0. The van der Waals surface area contributed by atoms with E-state index >= 15 is 0 Å². The normalized spacial score (nSPS) is 18.9. The average Bonchev–Trinajstić information content (AvgIpc) is 2.50. The zero-order chi connectivity index (χ0) is 18.0. The van der Waals surface area contributed by atoms with Crippen LogP contribution in [0.4, 0.5) is 0 Å². The lowest BCUT2D eigenvalue weighted by atomic mass is 10.1. The molecule has 0 bridgehead atoms. The van der Waals surface area contributed by atoms with Crippen molar-refractivity contribution in [2.75, 3.05) is 13.2 Å². The molecule has 0 aromatic rings. The third-order valence-electron chi connectivity index (χ3n) is 2.32. The van der Waals surface area contributed by atoms with Crippen molar-refractivity contribution in [3.63, 3.8) is 0 Å². The first-order chi connectivity index (χ1) is 10.0. The van der Waals surface area contributed by atoms with Gasteiger partial charge in [-0.05, 0) is 0 Å². The predicted octanol–water partition coefficient (Wildman–Crippen LogP) is -5.71. The molecule has 10 N–H and O–H groups in total. The Kier molecular flexibility index (Phi) is 11.7. The number of aliphatic hydroxyl groups is 8. The van der Waals surface area contributed by atoms with Crippen LogP contribution < -0.4 is 0 Å². The smallest absolute Gasteiger partial charge is 0.335 e. The summed E-state index contributed by atoms with van der Waals surface area (Å²) >= 11 is 0. The Morgan fingerprint density at radius 2 is 0.864 bits per heavy atom. The van der Waals surface area contributed by atoms with Crippen molar-refractivity contribution < 1.29 is 60.7 Å². The summed E-state index contributed by atoms with van der Waals surface area (Å²) in [6, 6.07) is 0. The van der Waals surface area contributed by atoms with E-state index in [1.165, 1.54) is 0 Å². The lowest BCUT2D eigenvalue weighted by Gasteiger charge is -2.17. The maximum atomic E-state index is 9.96. The number of carbonyl (C=O) groups is 2. The largest absolute Gasteiger partial charge is 0.479 e. The van der Waals surface area contributed by atoms with Crippen LogP contribution in [0.15, 0.2) is 0 Å². The minimum absolute atomic E-state index is 0.800. The molecule has 0 unspecified atom stereocenters. The Balaban J connectivity index is 0. The van der Waals surface area contributed by atoms with Crippen LogP contribution in [-0.4, -0.2) is 113 Å². The molecule has 0 aliphatic carbocycles. The molecule has 132 valence electrons. The third kappa shape index (κ3) is 8.16. The van der Waals surface area contributed by atoms with Gasteiger partial charge in [0.25, 0.3) is 0 Å². The Bertz CT molecular complexity index is 302. The van der Waals surface area contributed by atoms with E-state index in [0.29, 0.717) is 0 Å². The third-order valence-corrected chi connectivity index (χ3v) is 2.32. The van der Waals surface area contributed by atoms with E-state index in [1.54, 1.807) is 0 Å². The SMILES string of the molecule is O=C(O)[C@H](O)[C@@H](O)[C@H](O)CO.O=C(O)[C@H](O)[C@@H](O)[C@H](O)CO. The van der Waals surface area contributed by atoms with Gasteiger partial charge in [0.05, 0.1) is 13.2 Å². The molecule has 0 saturated heterocycles. The van der Waals surface area contributed by atoms with Crippen LogP contribution in [0.5, 0.6) is 0 Å². The van der Waals surface area contributed by atoms with E-state index < -0.39 is 61.8 Å². The molecule has 0 aliphatic rings. The van der Waals surface area contributed by atoms with E-state index in [2.05, 4.69) is 0 Å². The summed E-state index contributed by atoms with van der Waals surface area (Å²) < 4.78 is 0. The van der Waals surface area contributed by atoms with Crippen LogP contribution in [0.25, 0.3) is 0 Å². The minimum Gasteiger partial charge on any atom is -0.479 e. The fraction of sp³-hybridized carbons (Fsp3) is 0.800. The molecule has 0 radical (unpaired) electrons. The van der Waals surface area contributed by atoms with Gasteiger partial charge in [-0.1, -0.05) is 0 Å². The predicted molar refractivity (Wildman–Crippen MR) is 65.5 cm³/mol.